The Kier molecular flexibility index (Phi) is 4.75. The lowest BCUT2D eigenvalue weighted by molar-refractivity contribution is -0.903. The number of hydroxylamine groups is 3. The molecule has 1 aromatic rings. The van der Waals surface area contributed by atoms with Crippen LogP contribution < -0.4 is 5.32 Å². The number of fused-ring (bicyclic) bond motifs is 4. The smallest absolute Gasteiger partial charge is 0.337 e. The molecule has 3 aliphatic heterocycles. The SMILES string of the molecule is C=C[C@@H]1C[N+]2([O-])CC[C@@]3(C(=O)Nc4ccccc43)[C@@H]2C[C@@H]1/C(=C/OC)C(=O)OC. The second-order valence-corrected chi connectivity index (χ2v) is 8.14. The first-order valence-electron chi connectivity index (χ1n) is 9.83. The predicted octanol–water partition coefficient (Wildman–Crippen LogP) is 2.49. The van der Waals surface area contributed by atoms with E-state index in [0.717, 1.165) is 11.3 Å². The summed E-state index contributed by atoms with van der Waals surface area (Å²) in [5.74, 6) is -1.12. The maximum atomic E-state index is 13.9. The summed E-state index contributed by atoms with van der Waals surface area (Å²) in [6.07, 6.45) is 4.00. The van der Waals surface area contributed by atoms with Gasteiger partial charge in [0.25, 0.3) is 0 Å². The van der Waals surface area contributed by atoms with Crippen LogP contribution in [0, 0.1) is 17.0 Å². The molecule has 0 aliphatic carbocycles. The molecule has 154 valence electrons. The van der Waals surface area contributed by atoms with Crippen LogP contribution in [0.15, 0.2) is 48.8 Å². The molecule has 1 spiro atoms. The van der Waals surface area contributed by atoms with E-state index in [2.05, 4.69) is 11.9 Å². The number of carbonyl (C=O) groups excluding carboxylic acids is 2. The fourth-order valence-electron chi connectivity index (χ4n) is 5.65. The van der Waals surface area contributed by atoms with E-state index in [9.17, 15) is 14.8 Å². The Morgan fingerprint density at radius 1 is 1.38 bits per heavy atom. The molecule has 1 N–H and O–H groups in total. The van der Waals surface area contributed by atoms with E-state index >= 15 is 0 Å². The minimum Gasteiger partial charge on any atom is -0.633 e. The first-order chi connectivity index (χ1) is 13.9. The van der Waals surface area contributed by atoms with Crippen LogP contribution in [0.3, 0.4) is 0 Å². The zero-order valence-electron chi connectivity index (χ0n) is 16.7. The van der Waals surface area contributed by atoms with Crippen molar-refractivity contribution in [2.75, 3.05) is 32.6 Å². The number of methoxy groups -OCH3 is 2. The minimum absolute atomic E-state index is 0.120. The molecule has 7 heteroatoms. The summed E-state index contributed by atoms with van der Waals surface area (Å²) in [4.78, 5) is 25.6. The van der Waals surface area contributed by atoms with Gasteiger partial charge in [0.05, 0.1) is 39.1 Å². The Morgan fingerprint density at radius 3 is 2.83 bits per heavy atom. The van der Waals surface area contributed by atoms with Gasteiger partial charge in [0.15, 0.2) is 0 Å². The molecular formula is C22H26N2O5. The van der Waals surface area contributed by atoms with E-state index in [1.807, 2.05) is 24.3 Å². The number of quaternary nitrogens is 1. The van der Waals surface area contributed by atoms with Gasteiger partial charge in [-0.05, 0) is 11.6 Å². The third-order valence-electron chi connectivity index (χ3n) is 6.96. The van der Waals surface area contributed by atoms with E-state index in [1.54, 1.807) is 6.08 Å². The molecule has 4 rings (SSSR count). The lowest BCUT2D eigenvalue weighted by Gasteiger charge is -2.54. The maximum absolute atomic E-state index is 13.9. The zero-order chi connectivity index (χ0) is 20.8. The Bertz CT molecular complexity index is 897. The molecule has 0 aromatic heterocycles. The van der Waals surface area contributed by atoms with E-state index in [-0.39, 0.29) is 24.3 Å². The first kappa shape index (κ1) is 19.7. The van der Waals surface area contributed by atoms with Crippen LogP contribution >= 0.6 is 0 Å². The average molecular weight is 398 g/mol. The molecule has 2 fully saturated rings. The number of piperidine rings is 1. The highest BCUT2D eigenvalue weighted by Gasteiger charge is 2.65. The average Bonchev–Trinajstić information content (AvgIpc) is 3.19. The van der Waals surface area contributed by atoms with Crippen molar-refractivity contribution < 1.29 is 23.7 Å². The van der Waals surface area contributed by atoms with Crippen LogP contribution in [-0.2, 0) is 24.5 Å². The Morgan fingerprint density at radius 2 is 2.14 bits per heavy atom. The second-order valence-electron chi connectivity index (χ2n) is 8.14. The van der Waals surface area contributed by atoms with Crippen molar-refractivity contribution in [1.29, 1.82) is 0 Å². The van der Waals surface area contributed by atoms with Crippen molar-refractivity contribution in [2.24, 2.45) is 11.8 Å². The van der Waals surface area contributed by atoms with Gasteiger partial charge in [-0.2, -0.15) is 0 Å². The largest absolute Gasteiger partial charge is 0.633 e. The van der Waals surface area contributed by atoms with Crippen molar-refractivity contribution >= 4 is 17.6 Å². The third kappa shape index (κ3) is 2.72. The molecule has 1 aromatic carbocycles. The molecule has 3 heterocycles. The normalized spacial score (nSPS) is 35.6. The molecular weight excluding hydrogens is 372 g/mol. The number of esters is 1. The Labute approximate surface area is 170 Å². The molecule has 5 atom stereocenters. The minimum atomic E-state index is -0.878. The summed E-state index contributed by atoms with van der Waals surface area (Å²) in [6, 6.07) is 7.09. The number of nitrogens with zero attached hydrogens (tertiary/aromatic N) is 1. The van der Waals surface area contributed by atoms with E-state index < -0.39 is 22.1 Å². The summed E-state index contributed by atoms with van der Waals surface area (Å²) in [6.45, 7) is 4.54. The summed E-state index contributed by atoms with van der Waals surface area (Å²) < 4.78 is 9.65. The van der Waals surface area contributed by atoms with Crippen LogP contribution in [0.4, 0.5) is 5.69 Å². The van der Waals surface area contributed by atoms with Gasteiger partial charge in [-0.1, -0.05) is 24.3 Å². The van der Waals surface area contributed by atoms with E-state index in [1.165, 1.54) is 20.5 Å². The highest BCUT2D eigenvalue weighted by atomic mass is 16.6. The molecule has 1 unspecified atom stereocenters. The standard InChI is InChI=1S/C22H26N2O5/c1-4-14-12-24(27)10-9-22(17-7-5-6-8-18(17)23-21(22)26)19(24)11-15(14)16(13-28-2)20(25)29-3/h4-8,13-15,19H,1,9-12H2,2-3H3,(H,23,26)/b16-13-/t14-,15+,19+,22+,24?/m1/s1. The molecule has 0 saturated carbocycles. The number of hydrogen-bond acceptors (Lipinski definition) is 5. The number of ether oxygens (including phenoxy) is 2. The Hall–Kier alpha value is -2.64. The number of nitrogens with one attached hydrogen (secondary N) is 1. The van der Waals surface area contributed by atoms with Gasteiger partial charge in [-0.15, -0.1) is 6.58 Å². The summed E-state index contributed by atoms with van der Waals surface area (Å²) >= 11 is 0. The number of anilines is 1. The van der Waals surface area contributed by atoms with Gasteiger partial charge in [0.1, 0.15) is 11.5 Å². The van der Waals surface area contributed by atoms with Crippen LogP contribution in [-0.4, -0.2) is 49.9 Å². The number of benzene rings is 1. The van der Waals surface area contributed by atoms with Gasteiger partial charge in [0, 0.05) is 30.4 Å². The highest BCUT2D eigenvalue weighted by molar-refractivity contribution is 6.07. The predicted molar refractivity (Wildman–Crippen MR) is 107 cm³/mol. The molecule has 3 aliphatic rings. The highest BCUT2D eigenvalue weighted by Crippen LogP contribution is 2.55. The molecule has 7 nitrogen and oxygen atoms in total. The monoisotopic (exact) mass is 398 g/mol. The number of rotatable bonds is 4. The lowest BCUT2D eigenvalue weighted by atomic mass is 9.67. The van der Waals surface area contributed by atoms with Crippen molar-refractivity contribution in [1.82, 2.24) is 0 Å². The van der Waals surface area contributed by atoms with Gasteiger partial charge in [-0.25, -0.2) is 4.79 Å². The van der Waals surface area contributed by atoms with Crippen molar-refractivity contribution in [3.05, 3.63) is 59.5 Å². The van der Waals surface area contributed by atoms with Gasteiger partial charge < -0.3 is 24.6 Å². The van der Waals surface area contributed by atoms with Crippen molar-refractivity contribution in [2.45, 2.75) is 24.3 Å². The Balaban J connectivity index is 1.80. The number of hydrogen-bond donors (Lipinski definition) is 1. The third-order valence-corrected chi connectivity index (χ3v) is 6.96. The fraction of sp³-hybridized carbons (Fsp3) is 0.455. The second kappa shape index (κ2) is 7.00. The van der Waals surface area contributed by atoms with Crippen LogP contribution in [0.5, 0.6) is 0 Å². The summed E-state index contributed by atoms with van der Waals surface area (Å²) in [7, 11) is 2.80. The fourth-order valence-corrected chi connectivity index (χ4v) is 5.65. The molecule has 2 saturated heterocycles. The van der Waals surface area contributed by atoms with Crippen LogP contribution in [0.2, 0.25) is 0 Å². The van der Waals surface area contributed by atoms with E-state index in [0.29, 0.717) is 25.0 Å². The van der Waals surface area contributed by atoms with Crippen molar-refractivity contribution in [3.63, 3.8) is 0 Å². The summed E-state index contributed by atoms with van der Waals surface area (Å²) in [5, 5.41) is 16.8. The maximum Gasteiger partial charge on any atom is 0.337 e. The topological polar surface area (TPSA) is 87.7 Å². The lowest BCUT2D eigenvalue weighted by Crippen LogP contribution is -2.61. The van der Waals surface area contributed by atoms with Crippen molar-refractivity contribution in [3.8, 4) is 0 Å². The summed E-state index contributed by atoms with van der Waals surface area (Å²) in [5.41, 5.74) is 1.16. The van der Waals surface area contributed by atoms with Gasteiger partial charge >= 0.3 is 5.97 Å². The van der Waals surface area contributed by atoms with Gasteiger partial charge in [-0.3, -0.25) is 4.79 Å². The number of para-hydroxylation sites is 1. The number of carbonyl (C=O) groups is 2. The first-order valence-corrected chi connectivity index (χ1v) is 9.83. The molecule has 0 radical (unpaired) electrons. The number of amides is 1. The van der Waals surface area contributed by atoms with Crippen LogP contribution in [0.25, 0.3) is 0 Å². The van der Waals surface area contributed by atoms with Gasteiger partial charge in [0.2, 0.25) is 5.91 Å². The molecule has 0 bridgehead atoms. The molecule has 1 amide bonds. The van der Waals surface area contributed by atoms with E-state index in [4.69, 9.17) is 9.47 Å². The van der Waals surface area contributed by atoms with Crippen LogP contribution in [0.1, 0.15) is 18.4 Å². The zero-order valence-corrected chi connectivity index (χ0v) is 16.7. The quantitative estimate of drug-likeness (QED) is 0.210. The molecule has 29 heavy (non-hydrogen) atoms.